The van der Waals surface area contributed by atoms with Gasteiger partial charge < -0.3 is 124 Å². The van der Waals surface area contributed by atoms with E-state index in [0.717, 1.165) is 19.4 Å². The summed E-state index contributed by atoms with van der Waals surface area (Å²) in [6, 6.07) is 0. The van der Waals surface area contributed by atoms with Gasteiger partial charge in [-0.1, -0.05) is 66.2 Å². The number of ether oxygens (including phenoxy) is 11. The zero-order valence-electron chi connectivity index (χ0n) is 54.1. The van der Waals surface area contributed by atoms with Crippen LogP contribution in [0.2, 0.25) is 0 Å². The molecule has 0 spiro atoms. The number of aliphatic hydroxyl groups excluding tert-OH is 13. The predicted molar refractivity (Wildman–Crippen MR) is 310 cm³/mol. The zero-order chi connectivity index (χ0) is 68.2. The summed E-state index contributed by atoms with van der Waals surface area (Å²) in [7, 11) is 0. The molecule has 0 aromatic heterocycles. The Bertz CT molecular complexity index is 2740. The number of carboxylic acids is 1. The SMILES string of the molecule is CC=C(C)C(=O)OC1C(OC2OC(C)C(OC(C)=O)C(OC(C)=O)C2O)C(C)(C)CC2C3=CCC4C5(C)CCC(OC6OC(C(=O)O)C(O)C(OC7OC(CO)C(O)C(O)C7O)C6OC6OC(CO)C(O)C(O)C6O)C(C)(C)C5CCC4(C)C3(C)C(O)C(O)C21CO. The van der Waals surface area contributed by atoms with Crippen LogP contribution in [-0.4, -0.2) is 269 Å². The largest absolute Gasteiger partial charge is 0.479 e. The molecule has 9 rings (SSSR count). The van der Waals surface area contributed by atoms with Crippen molar-refractivity contribution in [2.75, 3.05) is 19.8 Å². The second-order valence-corrected chi connectivity index (χ2v) is 29.1. The van der Waals surface area contributed by atoms with Crippen LogP contribution in [0.15, 0.2) is 23.3 Å². The van der Waals surface area contributed by atoms with Crippen molar-refractivity contribution >= 4 is 23.9 Å². The lowest BCUT2D eigenvalue weighted by Crippen LogP contribution is -2.77. The van der Waals surface area contributed by atoms with E-state index in [-0.39, 0.29) is 30.3 Å². The molecular weight excluding hydrogens is 1220 g/mol. The van der Waals surface area contributed by atoms with E-state index in [0.29, 0.717) is 25.7 Å². The van der Waals surface area contributed by atoms with Gasteiger partial charge in [-0.3, -0.25) is 9.59 Å². The van der Waals surface area contributed by atoms with Crippen molar-refractivity contribution in [3.63, 3.8) is 0 Å². The summed E-state index contributed by atoms with van der Waals surface area (Å²) in [6.45, 7) is 18.2. The number of aliphatic hydroxyl groups is 13. The molecule has 29 nitrogen and oxygen atoms in total. The fraction of sp³-hybridized carbons (Fsp3) is 0.873. The van der Waals surface area contributed by atoms with E-state index >= 15 is 0 Å². The Morgan fingerprint density at radius 2 is 1.14 bits per heavy atom. The molecule has 0 aromatic carbocycles. The monoisotopic (exact) mass is 1320 g/mol. The lowest BCUT2D eigenvalue weighted by molar-refractivity contribution is -0.396. The van der Waals surface area contributed by atoms with Crippen LogP contribution in [0.3, 0.4) is 0 Å². The van der Waals surface area contributed by atoms with Gasteiger partial charge in [-0.25, -0.2) is 9.59 Å². The van der Waals surface area contributed by atoms with Gasteiger partial charge in [-0.2, -0.15) is 0 Å². The number of carbonyl (C=O) groups is 4. The molecule has 8 fully saturated rings. The molecule has 5 aliphatic carbocycles. The molecular formula is C63H98O29. The highest BCUT2D eigenvalue weighted by Gasteiger charge is 2.77. The number of aliphatic carboxylic acids is 1. The van der Waals surface area contributed by atoms with Gasteiger partial charge in [0.15, 0.2) is 43.5 Å². The number of esters is 3. The standard InChI is InChI=1S/C63H98O29/c1-13-24(2)53(81)91-51-50(92-56-42(76)45(84-27(5)68)43(25(3)82-56)83-26(4)67)58(6,7)20-29-28-14-15-33-60(10)18-17-34(59(8,9)32(60)16-19-61(33,11)62(28,12)48(77)49(78)63(29,51)23-66)87-57-47(90-55-40(74)38(72)36(70)31(22-65)86-55)44(41(75)46(89-57)52(79)80)88-54-39(73)37(71)35(69)30(21-64)85-54/h13-14,25,29-51,54-57,64-66,69-78H,15-23H2,1-12H3,(H,79,80). The highest BCUT2D eigenvalue weighted by Crippen LogP contribution is 2.76. The summed E-state index contributed by atoms with van der Waals surface area (Å²) in [5, 5.41) is 158. The number of rotatable bonds is 16. The minimum Gasteiger partial charge on any atom is -0.479 e. The Balaban J connectivity index is 1.05. The zero-order valence-corrected chi connectivity index (χ0v) is 54.1. The molecule has 0 amide bonds. The maximum Gasteiger partial charge on any atom is 0.335 e. The quantitative estimate of drug-likeness (QED) is 0.0264. The maximum absolute atomic E-state index is 14.2. The third-order valence-corrected chi connectivity index (χ3v) is 23.4. The number of allylic oxidation sites excluding steroid dienone is 2. The van der Waals surface area contributed by atoms with Gasteiger partial charge in [-0.05, 0) is 98.7 Å². The lowest BCUT2D eigenvalue weighted by atomic mass is 9.32. The van der Waals surface area contributed by atoms with E-state index in [1.807, 2.05) is 34.6 Å². The van der Waals surface area contributed by atoms with Crippen LogP contribution in [0.1, 0.15) is 122 Å². The van der Waals surface area contributed by atoms with Gasteiger partial charge in [0.05, 0.1) is 49.7 Å². The minimum atomic E-state index is -2.23. The van der Waals surface area contributed by atoms with Gasteiger partial charge >= 0.3 is 23.9 Å². The van der Waals surface area contributed by atoms with Gasteiger partial charge in [0, 0.05) is 24.8 Å². The van der Waals surface area contributed by atoms with E-state index in [1.165, 1.54) is 19.9 Å². The van der Waals surface area contributed by atoms with Crippen molar-refractivity contribution in [1.29, 1.82) is 0 Å². The summed E-state index contributed by atoms with van der Waals surface area (Å²) < 4.78 is 67.0. The van der Waals surface area contributed by atoms with E-state index in [2.05, 4.69) is 19.9 Å². The molecule has 14 N–H and O–H groups in total. The molecule has 0 bridgehead atoms. The van der Waals surface area contributed by atoms with Crippen molar-refractivity contribution < 1.29 is 143 Å². The fourth-order valence-electron chi connectivity index (χ4n) is 18.1. The van der Waals surface area contributed by atoms with Gasteiger partial charge in [-0.15, -0.1) is 0 Å². The Morgan fingerprint density at radius 3 is 1.67 bits per heavy atom. The molecule has 4 saturated heterocycles. The third-order valence-electron chi connectivity index (χ3n) is 23.4. The van der Waals surface area contributed by atoms with Crippen molar-refractivity contribution in [2.24, 2.45) is 50.2 Å². The summed E-state index contributed by atoms with van der Waals surface area (Å²) in [5.41, 5.74) is -5.59. The molecule has 524 valence electrons. The van der Waals surface area contributed by atoms with E-state index in [4.69, 9.17) is 52.1 Å². The van der Waals surface area contributed by atoms with Gasteiger partial charge in [0.25, 0.3) is 0 Å². The molecule has 4 saturated carbocycles. The first-order chi connectivity index (χ1) is 42.9. The predicted octanol–water partition coefficient (Wildman–Crippen LogP) is -1.90. The van der Waals surface area contributed by atoms with Crippen LogP contribution in [0.4, 0.5) is 0 Å². The highest BCUT2D eigenvalue weighted by molar-refractivity contribution is 5.87. The van der Waals surface area contributed by atoms with Crippen LogP contribution < -0.4 is 0 Å². The molecule has 29 heteroatoms. The molecule has 32 atom stereocenters. The Hall–Kier alpha value is -3.48. The van der Waals surface area contributed by atoms with Crippen LogP contribution in [0, 0.1) is 50.2 Å². The molecule has 9 aliphatic rings. The molecule has 4 heterocycles. The summed E-state index contributed by atoms with van der Waals surface area (Å²) in [6.07, 6.45) is -37.6. The number of hydrogen-bond acceptors (Lipinski definition) is 28. The van der Waals surface area contributed by atoms with Crippen molar-refractivity contribution in [3.8, 4) is 0 Å². The topological polar surface area (TPSA) is 453 Å². The van der Waals surface area contributed by atoms with Gasteiger partial charge in [0.1, 0.15) is 85.5 Å². The number of hydrogen-bond donors (Lipinski definition) is 14. The Labute approximate surface area is 533 Å². The van der Waals surface area contributed by atoms with Crippen LogP contribution in [-0.2, 0) is 71.3 Å². The second-order valence-electron chi connectivity index (χ2n) is 29.1. The number of carbonyl (C=O) groups excluding carboxylic acids is 3. The maximum atomic E-state index is 14.2. The minimum absolute atomic E-state index is 0.160. The molecule has 0 aromatic rings. The van der Waals surface area contributed by atoms with Crippen molar-refractivity contribution in [1.82, 2.24) is 0 Å². The van der Waals surface area contributed by atoms with Gasteiger partial charge in [0.2, 0.25) is 0 Å². The van der Waals surface area contributed by atoms with Crippen molar-refractivity contribution in [2.45, 2.75) is 275 Å². The van der Waals surface area contributed by atoms with E-state index in [1.54, 1.807) is 6.92 Å². The Morgan fingerprint density at radius 1 is 0.587 bits per heavy atom. The second kappa shape index (κ2) is 26.7. The van der Waals surface area contributed by atoms with E-state index in [9.17, 15) is 90.7 Å². The highest BCUT2D eigenvalue weighted by atomic mass is 16.8. The first kappa shape index (κ1) is 72.8. The molecule has 92 heavy (non-hydrogen) atoms. The van der Waals surface area contributed by atoms with E-state index < -0.39 is 235 Å². The normalized spacial score (nSPS) is 49.9. The Kier molecular flexibility index (Phi) is 21.2. The first-order valence-electron chi connectivity index (χ1n) is 31.9. The average Bonchev–Trinajstić information content (AvgIpc) is 0.663. The van der Waals surface area contributed by atoms with Crippen LogP contribution >= 0.6 is 0 Å². The average molecular weight is 1320 g/mol. The number of carboxylic acid groups (broad SMARTS) is 1. The summed E-state index contributed by atoms with van der Waals surface area (Å²) in [5.74, 6) is -5.35. The fourth-order valence-corrected chi connectivity index (χ4v) is 18.1. The summed E-state index contributed by atoms with van der Waals surface area (Å²) in [4.78, 5) is 51.9. The molecule has 0 radical (unpaired) electrons. The molecule has 32 unspecified atom stereocenters. The van der Waals surface area contributed by atoms with Crippen LogP contribution in [0.25, 0.3) is 0 Å². The first-order valence-corrected chi connectivity index (χ1v) is 31.9. The van der Waals surface area contributed by atoms with Crippen LogP contribution in [0.5, 0.6) is 0 Å². The van der Waals surface area contributed by atoms with Crippen molar-refractivity contribution in [3.05, 3.63) is 23.3 Å². The number of fused-ring (bicyclic) bond motifs is 7. The molecule has 4 aliphatic heterocycles. The third kappa shape index (κ3) is 11.9. The lowest BCUT2D eigenvalue weighted by Gasteiger charge is -2.73. The summed E-state index contributed by atoms with van der Waals surface area (Å²) >= 11 is 0. The smallest absolute Gasteiger partial charge is 0.335 e.